The monoisotopic (exact) mass is 252 g/mol. The molecule has 0 amide bonds. The Morgan fingerprint density at radius 3 is 2.94 bits per heavy atom. The lowest BCUT2D eigenvalue weighted by Crippen LogP contribution is -2.35. The molecule has 17 heavy (non-hydrogen) atoms. The number of pyridine rings is 1. The molecule has 5 nitrogen and oxygen atoms in total. The van der Waals surface area contributed by atoms with Gasteiger partial charge in [-0.15, -0.1) is 5.10 Å². The molecule has 1 aliphatic heterocycles. The van der Waals surface area contributed by atoms with Crippen LogP contribution < -0.4 is 0 Å². The lowest BCUT2D eigenvalue weighted by Gasteiger charge is -2.25. The highest BCUT2D eigenvalue weighted by Gasteiger charge is 2.13. The Morgan fingerprint density at radius 1 is 1.29 bits per heavy atom. The number of hydrogen-bond acceptors (Lipinski definition) is 4. The number of nitrogens with zero attached hydrogens (tertiary/aromatic N) is 4. The second-order valence-electron chi connectivity index (χ2n) is 4.07. The van der Waals surface area contributed by atoms with Gasteiger partial charge in [0.15, 0.2) is 11.5 Å². The highest BCUT2D eigenvalue weighted by Crippen LogP contribution is 2.11. The molecular weight excluding hydrogens is 240 g/mol. The zero-order valence-corrected chi connectivity index (χ0v) is 10.1. The van der Waals surface area contributed by atoms with Crippen LogP contribution in [0.1, 0.15) is 5.82 Å². The van der Waals surface area contributed by atoms with E-state index in [2.05, 4.69) is 15.0 Å². The highest BCUT2D eigenvalue weighted by atomic mass is 35.5. The van der Waals surface area contributed by atoms with Crippen LogP contribution in [0, 0.1) is 0 Å². The topological polar surface area (TPSA) is 42.7 Å². The standard InChI is InChI=1S/C11H13ClN4O/c12-9-1-2-11-13-10(14-16(11)7-9)8-15-3-5-17-6-4-15/h1-2,7H,3-6,8H2. The van der Waals surface area contributed by atoms with Crippen molar-refractivity contribution >= 4 is 17.2 Å². The lowest BCUT2D eigenvalue weighted by atomic mass is 10.4. The maximum absolute atomic E-state index is 5.90. The molecule has 0 N–H and O–H groups in total. The molecule has 6 heteroatoms. The van der Waals surface area contributed by atoms with Gasteiger partial charge in [-0.25, -0.2) is 9.50 Å². The minimum absolute atomic E-state index is 0.667. The predicted molar refractivity (Wildman–Crippen MR) is 64.1 cm³/mol. The maximum atomic E-state index is 5.90. The Labute approximate surface area is 104 Å². The van der Waals surface area contributed by atoms with Crippen molar-refractivity contribution in [3.05, 3.63) is 29.2 Å². The zero-order valence-electron chi connectivity index (χ0n) is 9.34. The summed E-state index contributed by atoms with van der Waals surface area (Å²) in [5.74, 6) is 0.828. The molecule has 0 saturated carbocycles. The first-order chi connectivity index (χ1) is 8.31. The van der Waals surface area contributed by atoms with Crippen LogP contribution >= 0.6 is 11.6 Å². The molecule has 1 saturated heterocycles. The van der Waals surface area contributed by atoms with Gasteiger partial charge in [0.05, 0.1) is 24.8 Å². The summed E-state index contributed by atoms with van der Waals surface area (Å²) in [5.41, 5.74) is 0.831. The van der Waals surface area contributed by atoms with E-state index in [0.717, 1.165) is 44.3 Å². The SMILES string of the molecule is Clc1ccc2nc(CN3CCOCC3)nn2c1. The number of fused-ring (bicyclic) bond motifs is 1. The largest absolute Gasteiger partial charge is 0.379 e. The lowest BCUT2D eigenvalue weighted by molar-refractivity contribution is 0.0331. The highest BCUT2D eigenvalue weighted by molar-refractivity contribution is 6.30. The average Bonchev–Trinajstić information content (AvgIpc) is 2.71. The summed E-state index contributed by atoms with van der Waals surface area (Å²) in [5, 5.41) is 5.07. The fraction of sp³-hybridized carbons (Fsp3) is 0.455. The minimum Gasteiger partial charge on any atom is -0.379 e. The summed E-state index contributed by atoms with van der Waals surface area (Å²) in [4.78, 5) is 6.75. The molecule has 0 atom stereocenters. The number of halogens is 1. The quantitative estimate of drug-likeness (QED) is 0.806. The minimum atomic E-state index is 0.667. The molecule has 0 aliphatic carbocycles. The summed E-state index contributed by atoms with van der Waals surface area (Å²) in [6.45, 7) is 4.23. The Bertz CT molecular complexity index is 521. The molecule has 0 unspecified atom stereocenters. The maximum Gasteiger partial charge on any atom is 0.165 e. The molecule has 2 aromatic heterocycles. The van der Waals surface area contributed by atoms with E-state index in [4.69, 9.17) is 16.3 Å². The van der Waals surface area contributed by atoms with E-state index in [1.54, 1.807) is 10.7 Å². The first-order valence-electron chi connectivity index (χ1n) is 5.62. The van der Waals surface area contributed by atoms with Crippen molar-refractivity contribution in [1.29, 1.82) is 0 Å². The van der Waals surface area contributed by atoms with Crippen LogP contribution in [0.2, 0.25) is 5.02 Å². The van der Waals surface area contributed by atoms with Crippen LogP contribution in [0.5, 0.6) is 0 Å². The van der Waals surface area contributed by atoms with E-state index in [0.29, 0.717) is 5.02 Å². The third-order valence-corrected chi connectivity index (χ3v) is 3.03. The summed E-state index contributed by atoms with van der Waals surface area (Å²) in [6.07, 6.45) is 1.77. The molecule has 1 fully saturated rings. The molecule has 1 aliphatic rings. The van der Waals surface area contributed by atoms with Gasteiger partial charge in [0.25, 0.3) is 0 Å². The zero-order chi connectivity index (χ0) is 11.7. The van der Waals surface area contributed by atoms with Gasteiger partial charge in [0, 0.05) is 19.3 Å². The molecule has 0 aromatic carbocycles. The van der Waals surface area contributed by atoms with Crippen molar-refractivity contribution in [2.45, 2.75) is 6.54 Å². The van der Waals surface area contributed by atoms with Crippen molar-refractivity contribution in [3.8, 4) is 0 Å². The smallest absolute Gasteiger partial charge is 0.165 e. The van der Waals surface area contributed by atoms with Gasteiger partial charge in [-0.3, -0.25) is 4.90 Å². The Hall–Kier alpha value is -1.17. The molecule has 0 bridgehead atoms. The third-order valence-electron chi connectivity index (χ3n) is 2.81. The molecule has 0 spiro atoms. The van der Waals surface area contributed by atoms with Gasteiger partial charge in [-0.05, 0) is 12.1 Å². The Balaban J connectivity index is 1.80. The van der Waals surface area contributed by atoms with Crippen molar-refractivity contribution in [2.75, 3.05) is 26.3 Å². The second kappa shape index (κ2) is 4.60. The van der Waals surface area contributed by atoms with Crippen LogP contribution in [0.4, 0.5) is 0 Å². The van der Waals surface area contributed by atoms with Crippen molar-refractivity contribution in [1.82, 2.24) is 19.5 Å². The number of morpholine rings is 1. The van der Waals surface area contributed by atoms with Gasteiger partial charge >= 0.3 is 0 Å². The van der Waals surface area contributed by atoms with Gasteiger partial charge in [-0.2, -0.15) is 0 Å². The van der Waals surface area contributed by atoms with Gasteiger partial charge < -0.3 is 4.74 Å². The van der Waals surface area contributed by atoms with E-state index in [-0.39, 0.29) is 0 Å². The fourth-order valence-electron chi connectivity index (χ4n) is 1.93. The Morgan fingerprint density at radius 2 is 2.12 bits per heavy atom. The van der Waals surface area contributed by atoms with Gasteiger partial charge in [0.1, 0.15) is 0 Å². The van der Waals surface area contributed by atoms with E-state index in [1.807, 2.05) is 12.1 Å². The van der Waals surface area contributed by atoms with E-state index in [1.165, 1.54) is 0 Å². The molecule has 90 valence electrons. The molecule has 3 rings (SSSR count). The first-order valence-corrected chi connectivity index (χ1v) is 6.00. The summed E-state index contributed by atoms with van der Waals surface area (Å²) in [7, 11) is 0. The van der Waals surface area contributed by atoms with Crippen molar-refractivity contribution in [2.24, 2.45) is 0 Å². The van der Waals surface area contributed by atoms with Crippen LogP contribution in [0.15, 0.2) is 18.3 Å². The van der Waals surface area contributed by atoms with E-state index >= 15 is 0 Å². The third kappa shape index (κ3) is 2.41. The summed E-state index contributed by atoms with van der Waals surface area (Å²) in [6, 6.07) is 3.70. The van der Waals surface area contributed by atoms with Crippen molar-refractivity contribution in [3.63, 3.8) is 0 Å². The van der Waals surface area contributed by atoms with Crippen LogP contribution in [-0.2, 0) is 11.3 Å². The number of aromatic nitrogens is 3. The average molecular weight is 253 g/mol. The van der Waals surface area contributed by atoms with Crippen molar-refractivity contribution < 1.29 is 4.74 Å². The number of rotatable bonds is 2. The fourth-order valence-corrected chi connectivity index (χ4v) is 2.09. The summed E-state index contributed by atoms with van der Waals surface area (Å²) >= 11 is 5.90. The number of hydrogen-bond donors (Lipinski definition) is 0. The first kappa shape index (κ1) is 11.0. The van der Waals surface area contributed by atoms with Gasteiger partial charge in [0.2, 0.25) is 0 Å². The van der Waals surface area contributed by atoms with Crippen LogP contribution in [-0.4, -0.2) is 45.8 Å². The van der Waals surface area contributed by atoms with E-state index < -0.39 is 0 Å². The summed E-state index contributed by atoms with van der Waals surface area (Å²) < 4.78 is 7.03. The molecule has 3 heterocycles. The number of ether oxygens (including phenoxy) is 1. The predicted octanol–water partition coefficient (Wildman–Crippen LogP) is 1.21. The molecular formula is C11H13ClN4O. The normalized spacial score (nSPS) is 17.7. The molecule has 2 aromatic rings. The van der Waals surface area contributed by atoms with Gasteiger partial charge in [-0.1, -0.05) is 11.6 Å². The Kier molecular flexibility index (Phi) is 2.96. The second-order valence-corrected chi connectivity index (χ2v) is 4.50. The van der Waals surface area contributed by atoms with E-state index in [9.17, 15) is 0 Å². The van der Waals surface area contributed by atoms with Crippen LogP contribution in [0.25, 0.3) is 5.65 Å². The van der Waals surface area contributed by atoms with Crippen LogP contribution in [0.3, 0.4) is 0 Å². The molecule has 0 radical (unpaired) electrons.